The zero-order valence-corrected chi connectivity index (χ0v) is 16.6. The number of fused-ring (bicyclic) bond motifs is 1. The van der Waals surface area contributed by atoms with E-state index >= 15 is 0 Å². The summed E-state index contributed by atoms with van der Waals surface area (Å²) in [5.41, 5.74) is 0.747. The molecule has 0 fully saturated rings. The highest BCUT2D eigenvalue weighted by Crippen LogP contribution is 2.42. The predicted molar refractivity (Wildman–Crippen MR) is 105 cm³/mol. The van der Waals surface area contributed by atoms with E-state index in [0.717, 1.165) is 12.1 Å². The fourth-order valence-electron chi connectivity index (χ4n) is 2.59. The quantitative estimate of drug-likeness (QED) is 0.486. The molecule has 3 rings (SSSR count). The standard InChI is InChI=1S/C21H16F2N2O7/c1-28-17-10-13(2-5-15(17)29-9-8-24)3-7-20(27)30-12-19(26)25-14-4-6-16-18(11-14)32-21(22,23)31-16/h2-7,10-11H,9,12H2,1H3,(H,25,26). The number of esters is 1. The summed E-state index contributed by atoms with van der Waals surface area (Å²) in [6, 6.07) is 10.4. The Morgan fingerprint density at radius 2 is 1.94 bits per heavy atom. The molecule has 1 N–H and O–H groups in total. The number of carbonyl (C=O) groups excluding carboxylic acids is 2. The second kappa shape index (κ2) is 9.65. The molecular formula is C21H16F2N2O7. The molecule has 166 valence electrons. The lowest BCUT2D eigenvalue weighted by atomic mass is 10.2. The lowest BCUT2D eigenvalue weighted by molar-refractivity contribution is -0.286. The van der Waals surface area contributed by atoms with Crippen LogP contribution in [0.4, 0.5) is 14.5 Å². The van der Waals surface area contributed by atoms with Gasteiger partial charge in [0.05, 0.1) is 7.11 Å². The molecule has 0 saturated carbocycles. The molecule has 1 aliphatic rings. The van der Waals surface area contributed by atoms with Gasteiger partial charge in [-0.05, 0) is 35.9 Å². The average molecular weight is 446 g/mol. The number of hydrogen-bond donors (Lipinski definition) is 1. The maximum Gasteiger partial charge on any atom is 0.586 e. The van der Waals surface area contributed by atoms with Gasteiger partial charge in [-0.25, -0.2) is 4.79 Å². The molecular weight excluding hydrogens is 430 g/mol. The van der Waals surface area contributed by atoms with Gasteiger partial charge >= 0.3 is 12.3 Å². The number of nitrogens with one attached hydrogen (secondary N) is 1. The molecule has 0 unspecified atom stereocenters. The molecule has 0 saturated heterocycles. The van der Waals surface area contributed by atoms with Gasteiger partial charge in [-0.3, -0.25) is 4.79 Å². The Morgan fingerprint density at radius 1 is 1.16 bits per heavy atom. The monoisotopic (exact) mass is 446 g/mol. The van der Waals surface area contributed by atoms with Gasteiger partial charge in [0.2, 0.25) is 0 Å². The Hall–Kier alpha value is -4.33. The fraction of sp³-hybridized carbons (Fsp3) is 0.190. The van der Waals surface area contributed by atoms with Gasteiger partial charge in [0.15, 0.2) is 36.2 Å². The van der Waals surface area contributed by atoms with Gasteiger partial charge < -0.3 is 29.0 Å². The fourth-order valence-corrected chi connectivity index (χ4v) is 2.59. The van der Waals surface area contributed by atoms with Crippen molar-refractivity contribution in [1.29, 1.82) is 5.26 Å². The number of nitriles is 1. The lowest BCUT2D eigenvalue weighted by Crippen LogP contribution is -2.25. The molecule has 0 radical (unpaired) electrons. The maximum absolute atomic E-state index is 13.0. The van der Waals surface area contributed by atoms with Gasteiger partial charge in [0, 0.05) is 17.8 Å². The van der Waals surface area contributed by atoms with E-state index in [9.17, 15) is 18.4 Å². The number of benzene rings is 2. The second-order valence-electron chi connectivity index (χ2n) is 6.18. The Bertz CT molecular complexity index is 1100. The first-order valence-electron chi connectivity index (χ1n) is 9.02. The number of alkyl halides is 2. The van der Waals surface area contributed by atoms with Crippen molar-refractivity contribution in [1.82, 2.24) is 0 Å². The summed E-state index contributed by atoms with van der Waals surface area (Å²) >= 11 is 0. The van der Waals surface area contributed by atoms with Gasteiger partial charge in [-0.1, -0.05) is 6.07 Å². The van der Waals surface area contributed by atoms with E-state index < -0.39 is 24.8 Å². The van der Waals surface area contributed by atoms with E-state index in [2.05, 4.69) is 14.8 Å². The van der Waals surface area contributed by atoms with Crippen LogP contribution in [-0.2, 0) is 14.3 Å². The molecule has 2 aromatic rings. The summed E-state index contributed by atoms with van der Waals surface area (Å²) in [6.45, 7) is -0.739. The van der Waals surface area contributed by atoms with Crippen molar-refractivity contribution in [2.45, 2.75) is 6.29 Å². The number of carbonyl (C=O) groups is 2. The Balaban J connectivity index is 1.50. The number of amides is 1. The van der Waals surface area contributed by atoms with Gasteiger partial charge in [-0.2, -0.15) is 5.26 Å². The smallest absolute Gasteiger partial charge is 0.493 e. The highest BCUT2D eigenvalue weighted by Gasteiger charge is 2.43. The molecule has 1 aliphatic heterocycles. The first-order valence-corrected chi connectivity index (χ1v) is 9.02. The maximum atomic E-state index is 13.0. The van der Waals surface area contributed by atoms with Crippen molar-refractivity contribution < 1.29 is 42.1 Å². The van der Waals surface area contributed by atoms with Crippen LogP contribution in [0.5, 0.6) is 23.0 Å². The zero-order chi connectivity index (χ0) is 23.1. The first-order chi connectivity index (χ1) is 15.3. The summed E-state index contributed by atoms with van der Waals surface area (Å²) in [5, 5.41) is 11.0. The van der Waals surface area contributed by atoms with Crippen LogP contribution in [0.2, 0.25) is 0 Å². The summed E-state index contributed by atoms with van der Waals surface area (Å²) in [7, 11) is 1.43. The highest BCUT2D eigenvalue weighted by molar-refractivity contribution is 5.95. The zero-order valence-electron chi connectivity index (χ0n) is 16.6. The molecule has 0 atom stereocenters. The van der Waals surface area contributed by atoms with Crippen molar-refractivity contribution in [2.24, 2.45) is 0 Å². The van der Waals surface area contributed by atoms with Crippen molar-refractivity contribution in [3.8, 4) is 29.1 Å². The number of rotatable bonds is 8. The van der Waals surface area contributed by atoms with Gasteiger partial charge in [0.1, 0.15) is 6.07 Å². The summed E-state index contributed by atoms with van der Waals surface area (Å²) in [6.07, 6.45) is -1.21. The van der Waals surface area contributed by atoms with Crippen LogP contribution in [0.15, 0.2) is 42.5 Å². The second-order valence-corrected chi connectivity index (χ2v) is 6.18. The third-order valence-electron chi connectivity index (χ3n) is 3.92. The largest absolute Gasteiger partial charge is 0.586 e. The Labute approximate surface area is 180 Å². The minimum Gasteiger partial charge on any atom is -0.493 e. The number of nitrogens with zero attached hydrogens (tertiary/aromatic N) is 1. The molecule has 0 aromatic heterocycles. The molecule has 32 heavy (non-hydrogen) atoms. The molecule has 0 spiro atoms. The van der Waals surface area contributed by atoms with Crippen molar-refractivity contribution >= 4 is 23.6 Å². The summed E-state index contributed by atoms with van der Waals surface area (Å²) in [4.78, 5) is 23.8. The molecule has 1 amide bonds. The van der Waals surface area contributed by atoms with E-state index in [1.54, 1.807) is 18.2 Å². The van der Waals surface area contributed by atoms with E-state index in [0.29, 0.717) is 17.1 Å². The van der Waals surface area contributed by atoms with Crippen molar-refractivity contribution in [2.75, 3.05) is 25.6 Å². The number of methoxy groups -OCH3 is 1. The van der Waals surface area contributed by atoms with Crippen LogP contribution in [-0.4, -0.2) is 38.5 Å². The SMILES string of the molecule is COc1cc(C=CC(=O)OCC(=O)Nc2ccc3c(c2)OC(F)(F)O3)ccc1OCC#N. The number of ether oxygens (including phenoxy) is 5. The molecule has 11 heteroatoms. The van der Waals surface area contributed by atoms with E-state index in [1.165, 1.54) is 25.3 Å². The minimum atomic E-state index is -3.76. The van der Waals surface area contributed by atoms with Crippen molar-refractivity contribution in [3.63, 3.8) is 0 Å². The number of hydrogen-bond acceptors (Lipinski definition) is 8. The number of halogens is 2. The van der Waals surface area contributed by atoms with Crippen molar-refractivity contribution in [3.05, 3.63) is 48.0 Å². The molecule has 1 heterocycles. The van der Waals surface area contributed by atoms with Crippen LogP contribution >= 0.6 is 0 Å². The molecule has 9 nitrogen and oxygen atoms in total. The van der Waals surface area contributed by atoms with E-state index in [4.69, 9.17) is 19.5 Å². The van der Waals surface area contributed by atoms with E-state index in [1.807, 2.05) is 6.07 Å². The Kier molecular flexibility index (Phi) is 6.74. The predicted octanol–water partition coefficient (Wildman–Crippen LogP) is 3.11. The molecule has 0 bridgehead atoms. The number of anilines is 1. The Morgan fingerprint density at radius 3 is 2.69 bits per heavy atom. The highest BCUT2D eigenvalue weighted by atomic mass is 19.3. The molecule has 2 aromatic carbocycles. The van der Waals surface area contributed by atoms with Crippen LogP contribution in [0.3, 0.4) is 0 Å². The normalized spacial score (nSPS) is 13.3. The first kappa shape index (κ1) is 22.4. The third kappa shape index (κ3) is 5.85. The van der Waals surface area contributed by atoms with Crippen LogP contribution in [0, 0.1) is 11.3 Å². The minimum absolute atomic E-state index is 0.140. The van der Waals surface area contributed by atoms with E-state index in [-0.39, 0.29) is 23.8 Å². The van der Waals surface area contributed by atoms with Crippen LogP contribution in [0.1, 0.15) is 5.56 Å². The topological polar surface area (TPSA) is 116 Å². The lowest BCUT2D eigenvalue weighted by Gasteiger charge is -2.08. The van der Waals surface area contributed by atoms with Gasteiger partial charge in [0.25, 0.3) is 5.91 Å². The van der Waals surface area contributed by atoms with Crippen LogP contribution in [0.25, 0.3) is 6.08 Å². The third-order valence-corrected chi connectivity index (χ3v) is 3.92. The molecule has 0 aliphatic carbocycles. The summed E-state index contributed by atoms with van der Waals surface area (Å²) in [5.74, 6) is -1.11. The summed E-state index contributed by atoms with van der Waals surface area (Å²) < 4.78 is 49.8. The van der Waals surface area contributed by atoms with Crippen LogP contribution < -0.4 is 24.3 Å². The van der Waals surface area contributed by atoms with Gasteiger partial charge in [-0.15, -0.1) is 8.78 Å². The average Bonchev–Trinajstić information content (AvgIpc) is 3.08.